The number of esters is 1. The first-order chi connectivity index (χ1) is 18.6. The lowest BCUT2D eigenvalue weighted by Gasteiger charge is -2.29. The summed E-state index contributed by atoms with van der Waals surface area (Å²) in [4.78, 5) is 26.0. The number of para-hydroxylation sites is 1. The number of Topliss-reactive ketones (excluding diaryl/α,β-unsaturated/α-hetero) is 1. The maximum atomic E-state index is 13.8. The Morgan fingerprint density at radius 2 is 1.87 bits per heavy atom. The molecule has 4 rings (SSSR count). The highest BCUT2D eigenvalue weighted by Gasteiger charge is 2.46. The lowest BCUT2D eigenvalue weighted by Crippen LogP contribution is -2.40. The lowest BCUT2D eigenvalue weighted by molar-refractivity contribution is -0.152. The summed E-state index contributed by atoms with van der Waals surface area (Å²) >= 11 is 0. The molecule has 0 radical (unpaired) electrons. The van der Waals surface area contributed by atoms with Crippen LogP contribution in [-0.2, 0) is 28.2 Å². The SMILES string of the molecule is CC(=O)C1=CN([C@@H]2O[C@H](COP(=O)(N[C@@H](C)C(=O)OC3CCCCC3)Oc3ccccc3)[C@@H](O)[C@H]2O)C=CC1. The molecule has 1 saturated heterocycles. The second-order valence-corrected chi connectivity index (χ2v) is 11.7. The highest BCUT2D eigenvalue weighted by Crippen LogP contribution is 2.46. The van der Waals surface area contributed by atoms with Crippen molar-refractivity contribution in [2.75, 3.05) is 6.61 Å². The van der Waals surface area contributed by atoms with E-state index in [0.29, 0.717) is 12.0 Å². The molecule has 2 aliphatic heterocycles. The standard InChI is InChI=1S/C27H37N2O9P/c1-18(27(33)36-21-11-5-3-6-12-21)28-39(34,38-22-13-7-4-8-14-22)35-17-23-24(31)25(32)26(37-23)29-15-9-10-20(16-29)19(2)30/h4,7-9,13-16,18,21,23-26,31-32H,3,5-6,10-12,17H2,1-2H3,(H,28,34)/t18-,23+,24+,25+,26+,39?/m0/s1. The number of allylic oxidation sites excluding steroid dienone is 2. The Balaban J connectivity index is 1.42. The van der Waals surface area contributed by atoms with E-state index in [4.69, 9.17) is 18.5 Å². The topological polar surface area (TPSA) is 144 Å². The molecule has 0 bridgehead atoms. The average molecular weight is 565 g/mol. The van der Waals surface area contributed by atoms with Crippen molar-refractivity contribution in [2.24, 2.45) is 0 Å². The molecule has 1 aliphatic carbocycles. The van der Waals surface area contributed by atoms with Gasteiger partial charge in [0.2, 0.25) is 0 Å². The summed E-state index contributed by atoms with van der Waals surface area (Å²) < 4.78 is 36.6. The van der Waals surface area contributed by atoms with Crippen LogP contribution in [0.15, 0.2) is 54.4 Å². The van der Waals surface area contributed by atoms with Gasteiger partial charge >= 0.3 is 13.7 Å². The number of hydrogen-bond donors (Lipinski definition) is 3. The normalized spacial score (nSPS) is 27.9. The number of aliphatic hydroxyl groups excluding tert-OH is 2. The monoisotopic (exact) mass is 564 g/mol. The van der Waals surface area contributed by atoms with Crippen LogP contribution in [0.25, 0.3) is 0 Å². The first-order valence-corrected chi connectivity index (χ1v) is 14.8. The first kappa shape index (κ1) is 29.5. The number of carbonyl (C=O) groups is 2. The minimum Gasteiger partial charge on any atom is -0.461 e. The molecule has 12 heteroatoms. The van der Waals surface area contributed by atoms with Crippen LogP contribution in [0.2, 0.25) is 0 Å². The van der Waals surface area contributed by atoms with Crippen molar-refractivity contribution in [3.05, 3.63) is 54.4 Å². The molecule has 0 spiro atoms. The molecule has 3 N–H and O–H groups in total. The van der Waals surface area contributed by atoms with Crippen molar-refractivity contribution in [1.82, 2.24) is 9.99 Å². The van der Waals surface area contributed by atoms with Crippen LogP contribution < -0.4 is 9.61 Å². The van der Waals surface area contributed by atoms with Gasteiger partial charge in [0.25, 0.3) is 0 Å². The number of nitrogens with one attached hydrogen (secondary N) is 1. The van der Waals surface area contributed by atoms with Gasteiger partial charge in [0.1, 0.15) is 36.2 Å². The molecule has 6 atom stereocenters. The number of ketones is 1. The van der Waals surface area contributed by atoms with Crippen molar-refractivity contribution in [3.63, 3.8) is 0 Å². The summed E-state index contributed by atoms with van der Waals surface area (Å²) in [6.07, 6.45) is 5.16. The smallest absolute Gasteiger partial charge is 0.459 e. The van der Waals surface area contributed by atoms with Crippen LogP contribution in [-0.4, -0.2) is 70.2 Å². The summed E-state index contributed by atoms with van der Waals surface area (Å²) in [5.41, 5.74) is 0.529. The Bertz CT molecular complexity index is 1110. The number of ether oxygens (including phenoxy) is 2. The van der Waals surface area contributed by atoms with Gasteiger partial charge < -0.3 is 29.1 Å². The van der Waals surface area contributed by atoms with Crippen LogP contribution in [0.3, 0.4) is 0 Å². The van der Waals surface area contributed by atoms with Crippen LogP contribution in [0.4, 0.5) is 0 Å². The summed E-state index contributed by atoms with van der Waals surface area (Å²) in [5, 5.41) is 23.9. The summed E-state index contributed by atoms with van der Waals surface area (Å²) in [5.74, 6) is -0.439. The predicted octanol–water partition coefficient (Wildman–Crippen LogP) is 3.18. The van der Waals surface area contributed by atoms with Gasteiger partial charge in [0, 0.05) is 18.0 Å². The van der Waals surface area contributed by atoms with Gasteiger partial charge in [-0.1, -0.05) is 30.7 Å². The second-order valence-electron chi connectivity index (χ2n) is 10.0. The van der Waals surface area contributed by atoms with Crippen molar-refractivity contribution in [3.8, 4) is 5.75 Å². The van der Waals surface area contributed by atoms with Gasteiger partial charge in [-0.2, -0.15) is 5.09 Å². The van der Waals surface area contributed by atoms with E-state index in [1.54, 1.807) is 48.8 Å². The fraction of sp³-hybridized carbons (Fsp3) is 0.556. The molecule has 39 heavy (non-hydrogen) atoms. The Morgan fingerprint density at radius 1 is 1.15 bits per heavy atom. The van der Waals surface area contributed by atoms with Crippen LogP contribution in [0.5, 0.6) is 5.75 Å². The Labute approximate surface area is 228 Å². The molecule has 11 nitrogen and oxygen atoms in total. The number of nitrogens with zero attached hydrogens (tertiary/aromatic N) is 1. The van der Waals surface area contributed by atoms with Crippen LogP contribution >= 0.6 is 7.75 Å². The van der Waals surface area contributed by atoms with Gasteiger partial charge in [0.15, 0.2) is 12.0 Å². The number of rotatable bonds is 11. The number of benzene rings is 1. The van der Waals surface area contributed by atoms with E-state index in [1.807, 2.05) is 0 Å². The molecule has 3 aliphatic rings. The van der Waals surface area contributed by atoms with Crippen LogP contribution in [0, 0.1) is 0 Å². The Kier molecular flexibility index (Phi) is 9.98. The van der Waals surface area contributed by atoms with E-state index in [2.05, 4.69) is 5.09 Å². The molecule has 0 amide bonds. The number of carbonyl (C=O) groups excluding carboxylic acids is 2. The molecule has 214 valence electrons. The predicted molar refractivity (Wildman–Crippen MR) is 141 cm³/mol. The molecular weight excluding hydrogens is 527 g/mol. The maximum Gasteiger partial charge on any atom is 0.459 e. The third-order valence-electron chi connectivity index (χ3n) is 6.92. The van der Waals surface area contributed by atoms with Gasteiger partial charge in [-0.3, -0.25) is 14.1 Å². The highest BCUT2D eigenvalue weighted by molar-refractivity contribution is 7.52. The number of aliphatic hydroxyl groups is 2. The van der Waals surface area contributed by atoms with E-state index in [-0.39, 0.29) is 17.6 Å². The van der Waals surface area contributed by atoms with Crippen molar-refractivity contribution < 1.29 is 42.9 Å². The van der Waals surface area contributed by atoms with E-state index in [1.165, 1.54) is 18.7 Å². The number of hydrogen-bond acceptors (Lipinski definition) is 10. The Hall–Kier alpha value is -2.53. The minimum atomic E-state index is -4.19. The molecule has 1 saturated carbocycles. The first-order valence-electron chi connectivity index (χ1n) is 13.3. The molecule has 2 heterocycles. The lowest BCUT2D eigenvalue weighted by atomic mass is 9.98. The third-order valence-corrected chi connectivity index (χ3v) is 8.57. The molecular formula is C27H37N2O9P. The van der Waals surface area contributed by atoms with Crippen molar-refractivity contribution in [1.29, 1.82) is 0 Å². The zero-order valence-corrected chi connectivity index (χ0v) is 23.1. The van der Waals surface area contributed by atoms with Crippen molar-refractivity contribution in [2.45, 2.75) is 89.1 Å². The maximum absolute atomic E-state index is 13.8. The third kappa shape index (κ3) is 7.78. The van der Waals surface area contributed by atoms with Crippen molar-refractivity contribution >= 4 is 19.5 Å². The summed E-state index contributed by atoms with van der Waals surface area (Å²) in [6, 6.07) is 7.32. The zero-order chi connectivity index (χ0) is 28.0. The molecule has 1 aromatic carbocycles. The molecule has 0 aromatic heterocycles. The van der Waals surface area contributed by atoms with Crippen LogP contribution in [0.1, 0.15) is 52.4 Å². The highest BCUT2D eigenvalue weighted by atomic mass is 31.2. The molecule has 1 aromatic rings. The quantitative estimate of drug-likeness (QED) is 0.269. The van der Waals surface area contributed by atoms with Gasteiger partial charge in [-0.25, -0.2) is 4.57 Å². The summed E-state index contributed by atoms with van der Waals surface area (Å²) in [7, 11) is -4.19. The summed E-state index contributed by atoms with van der Waals surface area (Å²) in [6.45, 7) is 2.54. The molecule has 1 unspecified atom stereocenters. The fourth-order valence-electron chi connectivity index (χ4n) is 4.70. The van der Waals surface area contributed by atoms with E-state index in [0.717, 1.165) is 32.1 Å². The van der Waals surface area contributed by atoms with E-state index < -0.39 is 50.9 Å². The Morgan fingerprint density at radius 3 is 2.56 bits per heavy atom. The van der Waals surface area contributed by atoms with Gasteiger partial charge in [0.05, 0.1) is 6.61 Å². The van der Waals surface area contributed by atoms with E-state index in [9.17, 15) is 24.4 Å². The average Bonchev–Trinajstić information content (AvgIpc) is 3.22. The molecule has 2 fully saturated rings. The van der Waals surface area contributed by atoms with Gasteiger partial charge in [-0.05, 0) is 58.1 Å². The second kappa shape index (κ2) is 13.2. The van der Waals surface area contributed by atoms with Gasteiger partial charge in [-0.15, -0.1) is 0 Å². The largest absolute Gasteiger partial charge is 0.461 e. The fourth-order valence-corrected chi connectivity index (χ4v) is 6.21. The minimum absolute atomic E-state index is 0.113. The van der Waals surface area contributed by atoms with E-state index >= 15 is 0 Å². The zero-order valence-electron chi connectivity index (χ0n) is 22.2.